The summed E-state index contributed by atoms with van der Waals surface area (Å²) < 4.78 is 5.16. The van der Waals surface area contributed by atoms with E-state index < -0.39 is 0 Å². The maximum Gasteiger partial charge on any atom is 0.0676 e. The lowest BCUT2D eigenvalue weighted by atomic mass is 10.1. The zero-order chi connectivity index (χ0) is 5.82. The van der Waals surface area contributed by atoms with E-state index in [9.17, 15) is 0 Å². The van der Waals surface area contributed by atoms with Crippen molar-refractivity contribution in [2.45, 2.75) is 12.8 Å². The summed E-state index contributed by atoms with van der Waals surface area (Å²) in [6, 6.07) is 0. The first-order valence-electron chi connectivity index (χ1n) is 2.98. The van der Waals surface area contributed by atoms with Crippen LogP contribution in [0.4, 0.5) is 0 Å². The molecule has 0 aromatic rings. The van der Waals surface area contributed by atoms with Crippen LogP contribution in [0.3, 0.4) is 0 Å². The highest BCUT2D eigenvalue weighted by Crippen LogP contribution is 2.07. The van der Waals surface area contributed by atoms with Crippen LogP contribution in [0.15, 0.2) is 11.6 Å². The lowest BCUT2D eigenvalue weighted by molar-refractivity contribution is 0.149. The first-order valence-corrected chi connectivity index (χ1v) is 2.98. The molecule has 1 heterocycles. The lowest BCUT2D eigenvalue weighted by Crippen LogP contribution is -2.04. The van der Waals surface area contributed by atoms with E-state index in [4.69, 9.17) is 4.74 Å². The molecule has 0 unspecified atom stereocenters. The minimum Gasteiger partial charge on any atom is -0.377 e. The maximum atomic E-state index is 5.16. The smallest absolute Gasteiger partial charge is 0.0676 e. The highest BCUT2D eigenvalue weighted by molar-refractivity contribution is 5.04. The van der Waals surface area contributed by atoms with Gasteiger partial charge < -0.3 is 4.74 Å². The third kappa shape index (κ3) is 1.34. The zero-order valence-electron chi connectivity index (χ0n) is 5.02. The van der Waals surface area contributed by atoms with E-state index in [1.807, 2.05) is 0 Å². The minimum atomic E-state index is 0.809. The van der Waals surface area contributed by atoms with Gasteiger partial charge in [0.15, 0.2) is 0 Å². The van der Waals surface area contributed by atoms with Crippen LogP contribution < -0.4 is 0 Å². The molecule has 1 nitrogen and oxygen atoms in total. The first kappa shape index (κ1) is 5.83. The third-order valence-electron chi connectivity index (χ3n) is 1.30. The molecular formula is C7H11O. The average molecular weight is 111 g/mol. The molecule has 0 N–H and O–H groups in total. The molecule has 1 rings (SSSR count). The SMILES string of the molecule is [CH2]CC1=CCCOC1. The summed E-state index contributed by atoms with van der Waals surface area (Å²) in [5, 5.41) is 0. The van der Waals surface area contributed by atoms with Gasteiger partial charge in [-0.25, -0.2) is 0 Å². The normalized spacial score (nSPS) is 20.4. The largest absolute Gasteiger partial charge is 0.377 e. The number of hydrogen-bond donors (Lipinski definition) is 0. The molecule has 1 aliphatic rings. The van der Waals surface area contributed by atoms with Crippen molar-refractivity contribution in [1.82, 2.24) is 0 Å². The molecule has 0 atom stereocenters. The Labute approximate surface area is 50.3 Å². The molecule has 1 radical (unpaired) electrons. The Morgan fingerprint density at radius 3 is 3.00 bits per heavy atom. The van der Waals surface area contributed by atoms with Gasteiger partial charge in [-0.15, -0.1) is 0 Å². The van der Waals surface area contributed by atoms with Crippen LogP contribution in [0.1, 0.15) is 12.8 Å². The second-order valence-electron chi connectivity index (χ2n) is 1.95. The predicted octanol–water partition coefficient (Wildman–Crippen LogP) is 1.56. The molecule has 1 heteroatoms. The van der Waals surface area contributed by atoms with Gasteiger partial charge >= 0.3 is 0 Å². The van der Waals surface area contributed by atoms with E-state index in [0.717, 1.165) is 26.1 Å². The van der Waals surface area contributed by atoms with Gasteiger partial charge in [0.05, 0.1) is 13.2 Å². The van der Waals surface area contributed by atoms with E-state index in [0.29, 0.717) is 0 Å². The average Bonchev–Trinajstić information content (AvgIpc) is 1.90. The molecule has 8 heavy (non-hydrogen) atoms. The zero-order valence-corrected chi connectivity index (χ0v) is 5.02. The third-order valence-corrected chi connectivity index (χ3v) is 1.30. The van der Waals surface area contributed by atoms with Crippen LogP contribution >= 0.6 is 0 Å². The standard InChI is InChI=1S/C7H11O/c1-2-7-4-3-5-8-6-7/h4H,1-3,5-6H2. The fourth-order valence-corrected chi connectivity index (χ4v) is 0.783. The summed E-state index contributed by atoms with van der Waals surface area (Å²) in [5.41, 5.74) is 1.34. The summed E-state index contributed by atoms with van der Waals surface area (Å²) >= 11 is 0. The molecule has 0 amide bonds. The van der Waals surface area contributed by atoms with Crippen molar-refractivity contribution in [2.75, 3.05) is 13.2 Å². The van der Waals surface area contributed by atoms with Gasteiger partial charge in [-0.1, -0.05) is 6.08 Å². The van der Waals surface area contributed by atoms with Crippen molar-refractivity contribution in [3.8, 4) is 0 Å². The van der Waals surface area contributed by atoms with Crippen molar-refractivity contribution in [1.29, 1.82) is 0 Å². The fourth-order valence-electron chi connectivity index (χ4n) is 0.783. The molecular weight excluding hydrogens is 100 g/mol. The van der Waals surface area contributed by atoms with Crippen LogP contribution in [-0.4, -0.2) is 13.2 Å². The predicted molar refractivity (Wildman–Crippen MR) is 33.5 cm³/mol. The highest BCUT2D eigenvalue weighted by Gasteiger charge is 1.98. The molecule has 0 aromatic carbocycles. The lowest BCUT2D eigenvalue weighted by Gasteiger charge is -2.10. The summed E-state index contributed by atoms with van der Waals surface area (Å²) in [5.74, 6) is 0. The fraction of sp³-hybridized carbons (Fsp3) is 0.571. The molecule has 0 bridgehead atoms. The molecule has 0 aliphatic carbocycles. The van der Waals surface area contributed by atoms with Crippen molar-refractivity contribution >= 4 is 0 Å². The van der Waals surface area contributed by atoms with Gasteiger partial charge in [-0.2, -0.15) is 0 Å². The van der Waals surface area contributed by atoms with E-state index in [1.165, 1.54) is 5.57 Å². The van der Waals surface area contributed by atoms with Gasteiger partial charge in [0.1, 0.15) is 0 Å². The summed E-state index contributed by atoms with van der Waals surface area (Å²) in [7, 11) is 0. The van der Waals surface area contributed by atoms with E-state index in [1.54, 1.807) is 0 Å². The van der Waals surface area contributed by atoms with Crippen LogP contribution in [0, 0.1) is 6.92 Å². The van der Waals surface area contributed by atoms with Crippen molar-refractivity contribution < 1.29 is 4.74 Å². The molecule has 45 valence electrons. The summed E-state index contributed by atoms with van der Waals surface area (Å²) in [4.78, 5) is 0. The highest BCUT2D eigenvalue weighted by atomic mass is 16.5. The maximum absolute atomic E-state index is 5.16. The number of rotatable bonds is 1. The van der Waals surface area contributed by atoms with E-state index in [-0.39, 0.29) is 0 Å². The molecule has 0 spiro atoms. The van der Waals surface area contributed by atoms with Crippen molar-refractivity contribution in [3.63, 3.8) is 0 Å². The Kier molecular flexibility index (Phi) is 2.10. The number of hydrogen-bond acceptors (Lipinski definition) is 1. The minimum absolute atomic E-state index is 0.809. The Morgan fingerprint density at radius 1 is 1.75 bits per heavy atom. The number of ether oxygens (including phenoxy) is 1. The molecule has 0 fully saturated rings. The molecule has 0 saturated carbocycles. The van der Waals surface area contributed by atoms with Crippen LogP contribution in [0.2, 0.25) is 0 Å². The van der Waals surface area contributed by atoms with Gasteiger partial charge in [0, 0.05) is 0 Å². The Hall–Kier alpha value is -0.300. The van der Waals surface area contributed by atoms with Gasteiger partial charge in [0.2, 0.25) is 0 Å². The quantitative estimate of drug-likeness (QED) is 0.466. The summed E-state index contributed by atoms with van der Waals surface area (Å²) in [6.07, 6.45) is 4.20. The monoisotopic (exact) mass is 111 g/mol. The Bertz CT molecular complexity index is 94.6. The second kappa shape index (κ2) is 2.88. The Balaban J connectivity index is 2.37. The molecule has 1 aliphatic heterocycles. The first-order chi connectivity index (χ1) is 3.93. The van der Waals surface area contributed by atoms with Gasteiger partial charge in [-0.3, -0.25) is 0 Å². The van der Waals surface area contributed by atoms with E-state index in [2.05, 4.69) is 13.0 Å². The second-order valence-corrected chi connectivity index (χ2v) is 1.95. The topological polar surface area (TPSA) is 9.23 Å². The van der Waals surface area contributed by atoms with Crippen molar-refractivity contribution in [3.05, 3.63) is 18.6 Å². The van der Waals surface area contributed by atoms with Gasteiger partial charge in [0.25, 0.3) is 0 Å². The Morgan fingerprint density at radius 2 is 2.62 bits per heavy atom. The van der Waals surface area contributed by atoms with Crippen LogP contribution in [0.5, 0.6) is 0 Å². The van der Waals surface area contributed by atoms with Crippen molar-refractivity contribution in [2.24, 2.45) is 0 Å². The van der Waals surface area contributed by atoms with E-state index >= 15 is 0 Å². The molecule has 0 saturated heterocycles. The molecule has 0 aromatic heterocycles. The van der Waals surface area contributed by atoms with Crippen LogP contribution in [0.25, 0.3) is 0 Å². The van der Waals surface area contributed by atoms with Crippen LogP contribution in [-0.2, 0) is 4.74 Å². The van der Waals surface area contributed by atoms with Gasteiger partial charge in [-0.05, 0) is 25.3 Å². The summed E-state index contributed by atoms with van der Waals surface area (Å²) in [6.45, 7) is 5.46.